The molecule has 0 unspecified atom stereocenters. The van der Waals surface area contributed by atoms with E-state index in [0.717, 1.165) is 29.7 Å². The van der Waals surface area contributed by atoms with Crippen LogP contribution in [0.4, 0.5) is 0 Å². The molecule has 0 spiro atoms. The minimum atomic E-state index is -3.78. The molecule has 0 bridgehead atoms. The van der Waals surface area contributed by atoms with E-state index in [-0.39, 0.29) is 14.8 Å². The van der Waals surface area contributed by atoms with Gasteiger partial charge in [-0.2, -0.15) is 0 Å². The third-order valence-corrected chi connectivity index (χ3v) is 6.65. The molecule has 1 N–H and O–H groups in total. The van der Waals surface area contributed by atoms with Gasteiger partial charge in [-0.1, -0.05) is 23.2 Å². The fourth-order valence-corrected chi connectivity index (χ4v) is 5.02. The van der Waals surface area contributed by atoms with Gasteiger partial charge in [-0.15, -0.1) is 0 Å². The molecule has 0 fully saturated rings. The van der Waals surface area contributed by atoms with Crippen LogP contribution in [-0.4, -0.2) is 15.0 Å². The molecule has 4 nitrogen and oxygen atoms in total. The molecule has 0 radical (unpaired) electrons. The molecule has 0 saturated carbocycles. The van der Waals surface area contributed by atoms with Gasteiger partial charge in [-0.25, -0.2) is 8.42 Å². The first-order chi connectivity index (χ1) is 11.5. The largest absolute Gasteiger partial charge is 0.459 e. The lowest BCUT2D eigenvalue weighted by Crippen LogP contribution is -2.22. The Bertz CT molecular complexity index is 1060. The van der Waals surface area contributed by atoms with Crippen molar-refractivity contribution >= 4 is 44.0 Å². The normalized spacial score (nSPS) is 14.8. The van der Waals surface area contributed by atoms with E-state index in [0.29, 0.717) is 17.2 Å². The lowest BCUT2D eigenvalue weighted by atomic mass is 10.1. The first-order valence-corrected chi connectivity index (χ1v) is 9.66. The van der Waals surface area contributed by atoms with Crippen molar-refractivity contribution in [1.29, 1.82) is 0 Å². The molecule has 1 aliphatic rings. The molecule has 0 amide bonds. The lowest BCUT2D eigenvalue weighted by Gasteiger charge is -2.10. The molecule has 24 heavy (non-hydrogen) atoms. The van der Waals surface area contributed by atoms with E-state index in [2.05, 4.69) is 5.32 Å². The van der Waals surface area contributed by atoms with Gasteiger partial charge in [-0.3, -0.25) is 0 Å². The van der Waals surface area contributed by atoms with E-state index in [1.807, 2.05) is 0 Å². The topological polar surface area (TPSA) is 59.3 Å². The number of fused-ring (bicyclic) bond motifs is 3. The molecule has 4 rings (SSSR count). The molecule has 7 heteroatoms. The van der Waals surface area contributed by atoms with Crippen LogP contribution >= 0.6 is 23.2 Å². The smallest absolute Gasteiger partial charge is 0.208 e. The molecule has 124 valence electrons. The second-order valence-corrected chi connectivity index (χ2v) is 8.43. The van der Waals surface area contributed by atoms with E-state index < -0.39 is 9.84 Å². The van der Waals surface area contributed by atoms with Crippen molar-refractivity contribution in [3.8, 4) is 0 Å². The van der Waals surface area contributed by atoms with Crippen LogP contribution in [0.3, 0.4) is 0 Å². The summed E-state index contributed by atoms with van der Waals surface area (Å²) in [5, 5.41) is 4.66. The zero-order valence-electron chi connectivity index (χ0n) is 12.5. The Morgan fingerprint density at radius 2 is 1.92 bits per heavy atom. The van der Waals surface area contributed by atoms with Crippen molar-refractivity contribution in [2.45, 2.75) is 22.8 Å². The Balaban J connectivity index is 1.88. The number of benzene rings is 2. The SMILES string of the molecule is O=S(=O)(c1ccc2c3c(oc2c1)CNCC3)c1cc(Cl)ccc1Cl. The molecule has 0 saturated heterocycles. The Labute approximate surface area is 149 Å². The summed E-state index contributed by atoms with van der Waals surface area (Å²) in [4.78, 5) is 0.132. The predicted molar refractivity (Wildman–Crippen MR) is 93.5 cm³/mol. The van der Waals surface area contributed by atoms with E-state index in [1.165, 1.54) is 12.1 Å². The van der Waals surface area contributed by atoms with Crippen LogP contribution in [0.2, 0.25) is 10.0 Å². The van der Waals surface area contributed by atoms with Gasteiger partial charge in [0.25, 0.3) is 0 Å². The Morgan fingerprint density at radius 1 is 1.08 bits per heavy atom. The van der Waals surface area contributed by atoms with Crippen molar-refractivity contribution < 1.29 is 12.8 Å². The Hall–Kier alpha value is -1.53. The van der Waals surface area contributed by atoms with Crippen LogP contribution in [0.5, 0.6) is 0 Å². The summed E-state index contributed by atoms with van der Waals surface area (Å²) < 4.78 is 31.6. The van der Waals surface area contributed by atoms with Gasteiger partial charge >= 0.3 is 0 Å². The fraction of sp³-hybridized carbons (Fsp3) is 0.176. The van der Waals surface area contributed by atoms with Gasteiger partial charge in [0.2, 0.25) is 9.84 Å². The maximum atomic E-state index is 12.9. The zero-order chi connectivity index (χ0) is 16.9. The third-order valence-electron chi connectivity index (χ3n) is 4.18. The predicted octanol–water partition coefficient (Wildman–Crippen LogP) is 4.22. The van der Waals surface area contributed by atoms with Gasteiger partial charge in [0.1, 0.15) is 11.3 Å². The fourth-order valence-electron chi connectivity index (χ4n) is 2.99. The molecule has 0 atom stereocenters. The van der Waals surface area contributed by atoms with E-state index in [4.69, 9.17) is 27.6 Å². The van der Waals surface area contributed by atoms with E-state index in [1.54, 1.807) is 24.3 Å². The van der Waals surface area contributed by atoms with Crippen molar-refractivity contribution in [3.05, 3.63) is 57.8 Å². The zero-order valence-corrected chi connectivity index (χ0v) is 14.8. The van der Waals surface area contributed by atoms with Crippen molar-refractivity contribution in [3.63, 3.8) is 0 Å². The van der Waals surface area contributed by atoms with Crippen LogP contribution in [0.15, 0.2) is 50.6 Å². The second kappa shape index (κ2) is 5.77. The highest BCUT2D eigenvalue weighted by Crippen LogP contribution is 2.34. The maximum absolute atomic E-state index is 12.9. The molecule has 2 aromatic carbocycles. The van der Waals surface area contributed by atoms with Crippen molar-refractivity contribution in [2.24, 2.45) is 0 Å². The summed E-state index contributed by atoms with van der Waals surface area (Å²) in [6, 6.07) is 9.34. The van der Waals surface area contributed by atoms with Gasteiger partial charge in [0.15, 0.2) is 0 Å². The summed E-state index contributed by atoms with van der Waals surface area (Å²) in [7, 11) is -3.78. The highest BCUT2D eigenvalue weighted by atomic mass is 35.5. The quantitative estimate of drug-likeness (QED) is 0.721. The van der Waals surface area contributed by atoms with Gasteiger partial charge in [0.05, 0.1) is 21.4 Å². The summed E-state index contributed by atoms with van der Waals surface area (Å²) in [6.07, 6.45) is 0.870. The first kappa shape index (κ1) is 16.0. The van der Waals surface area contributed by atoms with Gasteiger partial charge in [0, 0.05) is 22.0 Å². The molecular weight excluding hydrogens is 369 g/mol. The lowest BCUT2D eigenvalue weighted by molar-refractivity contribution is 0.487. The molecule has 0 aliphatic carbocycles. The van der Waals surface area contributed by atoms with E-state index in [9.17, 15) is 8.42 Å². The summed E-state index contributed by atoms with van der Waals surface area (Å²) >= 11 is 12.0. The maximum Gasteiger partial charge on any atom is 0.208 e. The van der Waals surface area contributed by atoms with Crippen molar-refractivity contribution in [1.82, 2.24) is 5.32 Å². The standard InChI is InChI=1S/C17H13Cl2NO3S/c18-10-1-4-14(19)17(7-10)24(21,22)11-2-3-12-13-5-6-20-9-16(13)23-15(12)8-11/h1-4,7-8,20H,5-6,9H2. The second-order valence-electron chi connectivity index (χ2n) is 5.67. The summed E-state index contributed by atoms with van der Waals surface area (Å²) in [6.45, 7) is 1.55. The monoisotopic (exact) mass is 381 g/mol. The van der Waals surface area contributed by atoms with Gasteiger partial charge in [-0.05, 0) is 43.3 Å². The minimum absolute atomic E-state index is 0.00555. The average Bonchev–Trinajstić information content (AvgIpc) is 2.94. The third kappa shape index (κ3) is 2.52. The minimum Gasteiger partial charge on any atom is -0.459 e. The average molecular weight is 382 g/mol. The number of hydrogen-bond acceptors (Lipinski definition) is 4. The van der Waals surface area contributed by atoms with Crippen LogP contribution in [0.25, 0.3) is 11.0 Å². The number of sulfone groups is 1. The van der Waals surface area contributed by atoms with Crippen LogP contribution in [0.1, 0.15) is 11.3 Å². The number of nitrogens with one attached hydrogen (secondary N) is 1. The Kier molecular flexibility index (Phi) is 3.84. The molecule has 2 heterocycles. The molecule has 3 aromatic rings. The summed E-state index contributed by atoms with van der Waals surface area (Å²) in [5.41, 5.74) is 1.72. The number of halogens is 2. The highest BCUT2D eigenvalue weighted by molar-refractivity contribution is 7.91. The molecule has 1 aromatic heterocycles. The van der Waals surface area contributed by atoms with Crippen LogP contribution in [0, 0.1) is 0 Å². The molecular formula is C17H13Cl2NO3S. The number of rotatable bonds is 2. The van der Waals surface area contributed by atoms with Gasteiger partial charge < -0.3 is 9.73 Å². The van der Waals surface area contributed by atoms with Crippen LogP contribution < -0.4 is 5.32 Å². The summed E-state index contributed by atoms with van der Waals surface area (Å²) in [5.74, 6) is 0.867. The number of furan rings is 1. The highest BCUT2D eigenvalue weighted by Gasteiger charge is 2.24. The first-order valence-electron chi connectivity index (χ1n) is 7.42. The van der Waals surface area contributed by atoms with Crippen LogP contribution in [-0.2, 0) is 22.8 Å². The number of hydrogen-bond donors (Lipinski definition) is 1. The van der Waals surface area contributed by atoms with E-state index >= 15 is 0 Å². The molecule has 1 aliphatic heterocycles. The van der Waals surface area contributed by atoms with Crippen molar-refractivity contribution in [2.75, 3.05) is 6.54 Å². The Morgan fingerprint density at radius 3 is 2.75 bits per heavy atom.